The van der Waals surface area contributed by atoms with Gasteiger partial charge in [0.1, 0.15) is 0 Å². The highest BCUT2D eigenvalue weighted by Crippen LogP contribution is 2.57. The third kappa shape index (κ3) is 4.26. The monoisotopic (exact) mass is 532 g/mol. The van der Waals surface area contributed by atoms with Gasteiger partial charge < -0.3 is 38.1 Å². The SMILES string of the molecule is COc1cc2c(c3c1OCO3)-c1c(cc(OC)c3c1OCO3)CN(c1ccc(CCN3CCOCC3)cc1)C2. The number of fused-ring (bicyclic) bond motifs is 7. The minimum Gasteiger partial charge on any atom is -0.493 e. The molecule has 0 N–H and O–H groups in total. The van der Waals surface area contributed by atoms with E-state index in [1.54, 1.807) is 14.2 Å². The van der Waals surface area contributed by atoms with E-state index in [0.717, 1.165) is 67.2 Å². The molecule has 0 spiro atoms. The second-order valence-electron chi connectivity index (χ2n) is 10.1. The van der Waals surface area contributed by atoms with Gasteiger partial charge in [0.05, 0.1) is 27.4 Å². The van der Waals surface area contributed by atoms with Crippen LogP contribution in [0.3, 0.4) is 0 Å². The van der Waals surface area contributed by atoms with Crippen molar-refractivity contribution in [3.8, 4) is 45.6 Å². The van der Waals surface area contributed by atoms with Gasteiger partial charge in [-0.15, -0.1) is 0 Å². The van der Waals surface area contributed by atoms with Crippen molar-refractivity contribution in [1.29, 1.82) is 0 Å². The summed E-state index contributed by atoms with van der Waals surface area (Å²) in [4.78, 5) is 4.83. The predicted octanol–water partition coefficient (Wildman–Crippen LogP) is 4.22. The summed E-state index contributed by atoms with van der Waals surface area (Å²) in [5.41, 5.74) is 6.50. The van der Waals surface area contributed by atoms with Crippen LogP contribution in [0.2, 0.25) is 0 Å². The molecule has 39 heavy (non-hydrogen) atoms. The number of nitrogens with zero attached hydrogens (tertiary/aromatic N) is 2. The van der Waals surface area contributed by atoms with E-state index in [4.69, 9.17) is 33.2 Å². The van der Waals surface area contributed by atoms with Gasteiger partial charge in [-0.1, -0.05) is 12.1 Å². The highest BCUT2D eigenvalue weighted by molar-refractivity contribution is 5.89. The quantitative estimate of drug-likeness (QED) is 0.464. The first kappa shape index (κ1) is 24.2. The van der Waals surface area contributed by atoms with E-state index in [1.165, 1.54) is 5.56 Å². The van der Waals surface area contributed by atoms with E-state index < -0.39 is 0 Å². The number of benzene rings is 3. The Morgan fingerprint density at radius 3 is 1.79 bits per heavy atom. The molecule has 0 unspecified atom stereocenters. The van der Waals surface area contributed by atoms with Gasteiger partial charge >= 0.3 is 0 Å². The molecule has 1 saturated heterocycles. The van der Waals surface area contributed by atoms with E-state index in [-0.39, 0.29) is 13.6 Å². The standard InChI is InChI=1S/C30H32N2O7/c1-33-23-13-20-15-32(22-5-3-19(4-6-22)7-8-31-9-11-35-12-10-31)16-21-14-24(34-2)28-30(39-18-37-28)26(21)25(20)29-27(23)36-17-38-29/h3-6,13-14H,7-12,15-18H2,1-2H3. The minimum atomic E-state index is 0.142. The number of morpholine rings is 1. The van der Waals surface area contributed by atoms with Crippen molar-refractivity contribution in [3.63, 3.8) is 0 Å². The molecule has 9 nitrogen and oxygen atoms in total. The molecule has 1 fully saturated rings. The zero-order chi connectivity index (χ0) is 26.3. The van der Waals surface area contributed by atoms with Crippen LogP contribution >= 0.6 is 0 Å². The zero-order valence-electron chi connectivity index (χ0n) is 22.3. The van der Waals surface area contributed by atoms with E-state index in [1.807, 2.05) is 12.1 Å². The predicted molar refractivity (Wildman–Crippen MR) is 145 cm³/mol. The zero-order valence-corrected chi connectivity index (χ0v) is 22.3. The van der Waals surface area contributed by atoms with Crippen LogP contribution in [0.5, 0.6) is 34.5 Å². The number of rotatable bonds is 6. The Bertz CT molecular complexity index is 1310. The summed E-state index contributed by atoms with van der Waals surface area (Å²) in [6.45, 7) is 6.31. The van der Waals surface area contributed by atoms with E-state index >= 15 is 0 Å². The molecule has 0 aromatic heterocycles. The van der Waals surface area contributed by atoms with E-state index in [2.05, 4.69) is 34.1 Å². The van der Waals surface area contributed by atoms with Crippen LogP contribution in [-0.2, 0) is 24.2 Å². The lowest BCUT2D eigenvalue weighted by atomic mass is 9.93. The second-order valence-corrected chi connectivity index (χ2v) is 10.1. The van der Waals surface area contributed by atoms with Gasteiger partial charge in [-0.05, 0) is 47.4 Å². The van der Waals surface area contributed by atoms with Crippen molar-refractivity contribution in [3.05, 3.63) is 53.1 Å². The maximum atomic E-state index is 6.04. The van der Waals surface area contributed by atoms with Crippen LogP contribution in [0.1, 0.15) is 16.7 Å². The largest absolute Gasteiger partial charge is 0.493 e. The number of anilines is 1. The minimum absolute atomic E-state index is 0.142. The molecule has 0 radical (unpaired) electrons. The Labute approximate surface area is 227 Å². The van der Waals surface area contributed by atoms with Gasteiger partial charge in [-0.3, -0.25) is 4.90 Å². The van der Waals surface area contributed by atoms with Gasteiger partial charge in [-0.25, -0.2) is 0 Å². The summed E-state index contributed by atoms with van der Waals surface area (Å²) in [6.07, 6.45) is 1.02. The molecule has 204 valence electrons. The highest BCUT2D eigenvalue weighted by atomic mass is 16.7. The number of methoxy groups -OCH3 is 2. The molecule has 0 atom stereocenters. The maximum Gasteiger partial charge on any atom is 0.231 e. The fourth-order valence-corrected chi connectivity index (χ4v) is 5.91. The van der Waals surface area contributed by atoms with Crippen LogP contribution in [-0.4, -0.2) is 65.6 Å². The van der Waals surface area contributed by atoms with Crippen LogP contribution < -0.4 is 33.3 Å². The lowest BCUT2D eigenvalue weighted by Crippen LogP contribution is -2.37. The van der Waals surface area contributed by atoms with Gasteiger partial charge in [0.2, 0.25) is 25.1 Å². The maximum absolute atomic E-state index is 6.04. The van der Waals surface area contributed by atoms with Crippen LogP contribution in [0.25, 0.3) is 11.1 Å². The molecule has 0 aliphatic carbocycles. The van der Waals surface area contributed by atoms with Crippen LogP contribution in [0, 0.1) is 0 Å². The summed E-state index contributed by atoms with van der Waals surface area (Å²) >= 11 is 0. The molecular weight excluding hydrogens is 500 g/mol. The summed E-state index contributed by atoms with van der Waals surface area (Å²) in [5, 5.41) is 0. The average molecular weight is 533 g/mol. The van der Waals surface area contributed by atoms with Crippen molar-refractivity contribution >= 4 is 5.69 Å². The van der Waals surface area contributed by atoms with Crippen molar-refractivity contribution in [1.82, 2.24) is 4.90 Å². The fourth-order valence-electron chi connectivity index (χ4n) is 5.91. The Morgan fingerprint density at radius 1 is 0.718 bits per heavy atom. The third-order valence-corrected chi connectivity index (χ3v) is 7.91. The molecule has 0 saturated carbocycles. The van der Waals surface area contributed by atoms with Crippen LogP contribution in [0.4, 0.5) is 5.69 Å². The Balaban J connectivity index is 1.27. The molecule has 4 heterocycles. The van der Waals surface area contributed by atoms with Crippen molar-refractivity contribution in [2.45, 2.75) is 19.5 Å². The van der Waals surface area contributed by atoms with E-state index in [9.17, 15) is 0 Å². The summed E-state index contributed by atoms with van der Waals surface area (Å²) in [6, 6.07) is 13.0. The number of hydrogen-bond acceptors (Lipinski definition) is 9. The van der Waals surface area contributed by atoms with Crippen molar-refractivity contribution in [2.75, 3.05) is 65.6 Å². The smallest absolute Gasteiger partial charge is 0.231 e. The summed E-state index contributed by atoms with van der Waals surface area (Å²) < 4.78 is 40.6. The first-order valence-electron chi connectivity index (χ1n) is 13.4. The Hall–Kier alpha value is -3.82. The number of hydrogen-bond donors (Lipinski definition) is 0. The van der Waals surface area contributed by atoms with Crippen LogP contribution in [0.15, 0.2) is 36.4 Å². The fraction of sp³-hybridized carbons (Fsp3) is 0.400. The first-order valence-corrected chi connectivity index (χ1v) is 13.4. The topological polar surface area (TPSA) is 71.1 Å². The van der Waals surface area contributed by atoms with E-state index in [0.29, 0.717) is 47.6 Å². The average Bonchev–Trinajstić information content (AvgIpc) is 3.64. The molecule has 3 aromatic rings. The molecule has 4 aliphatic heterocycles. The molecule has 0 amide bonds. The normalized spacial score (nSPS) is 17.4. The lowest BCUT2D eigenvalue weighted by molar-refractivity contribution is 0.0384. The van der Waals surface area contributed by atoms with Crippen molar-refractivity contribution < 1.29 is 33.2 Å². The molecule has 9 heteroatoms. The van der Waals surface area contributed by atoms with Gasteiger partial charge in [0.15, 0.2) is 23.0 Å². The highest BCUT2D eigenvalue weighted by Gasteiger charge is 2.36. The first-order chi connectivity index (χ1) is 19.2. The Kier molecular flexibility index (Phi) is 6.25. The third-order valence-electron chi connectivity index (χ3n) is 7.91. The molecule has 0 bridgehead atoms. The Morgan fingerprint density at radius 2 is 1.26 bits per heavy atom. The van der Waals surface area contributed by atoms with Crippen molar-refractivity contribution in [2.24, 2.45) is 0 Å². The molecule has 3 aromatic carbocycles. The summed E-state index contributed by atoms with van der Waals surface area (Å²) in [5.74, 6) is 3.89. The molecule has 4 aliphatic rings. The second kappa shape index (κ2) is 10.1. The molecular formula is C30H32N2O7. The van der Waals surface area contributed by atoms with Gasteiger partial charge in [0, 0.05) is 49.5 Å². The number of ether oxygens (including phenoxy) is 7. The van der Waals surface area contributed by atoms with Gasteiger partial charge in [-0.2, -0.15) is 0 Å². The lowest BCUT2D eigenvalue weighted by Gasteiger charge is -2.27. The molecule has 7 rings (SSSR count). The van der Waals surface area contributed by atoms with Gasteiger partial charge in [0.25, 0.3) is 0 Å². The summed E-state index contributed by atoms with van der Waals surface area (Å²) in [7, 11) is 3.31.